The van der Waals surface area contributed by atoms with Crippen molar-refractivity contribution in [3.8, 4) is 0 Å². The number of halogens is 3. The normalized spacial score (nSPS) is 14.9. The number of nitrogens with zero attached hydrogens (tertiary/aromatic N) is 1. The summed E-state index contributed by atoms with van der Waals surface area (Å²) in [6, 6.07) is 0. The van der Waals surface area contributed by atoms with Gasteiger partial charge in [-0.05, 0) is 32.4 Å². The van der Waals surface area contributed by atoms with Gasteiger partial charge in [0.15, 0.2) is 0 Å². The highest BCUT2D eigenvalue weighted by molar-refractivity contribution is 5.96. The lowest BCUT2D eigenvalue weighted by molar-refractivity contribution is 0.0672. The van der Waals surface area contributed by atoms with Gasteiger partial charge in [-0.25, -0.2) is 13.2 Å². The van der Waals surface area contributed by atoms with Crippen LogP contribution in [0.5, 0.6) is 0 Å². The van der Waals surface area contributed by atoms with E-state index in [2.05, 4.69) is 11.6 Å². The molecule has 0 bridgehead atoms. The maximum Gasteiger partial charge on any atom is 0.270 e. The average Bonchev–Trinajstić information content (AvgIpc) is 2.36. The highest BCUT2D eigenvalue weighted by atomic mass is 19.3. The van der Waals surface area contributed by atoms with E-state index in [9.17, 15) is 13.2 Å². The highest BCUT2D eigenvalue weighted by Gasteiger charge is 2.25. The summed E-state index contributed by atoms with van der Waals surface area (Å²) in [5, 5.41) is 0. The Morgan fingerprint density at radius 1 is 1.24 bits per heavy atom. The SMILES string of the molecule is C=C(C)/C=C\C(=C/CC(/C=C(\C)CF)=N/CC)C(C)(F)F. The lowest BCUT2D eigenvalue weighted by Crippen LogP contribution is -2.12. The monoisotopic (exact) mass is 299 g/mol. The van der Waals surface area contributed by atoms with Crippen molar-refractivity contribution in [1.29, 1.82) is 0 Å². The van der Waals surface area contributed by atoms with Crippen LogP contribution < -0.4 is 0 Å². The Balaban J connectivity index is 5.29. The molecule has 0 saturated heterocycles. The van der Waals surface area contributed by atoms with Crippen molar-refractivity contribution in [3.05, 3.63) is 47.6 Å². The second-order valence-electron chi connectivity index (χ2n) is 5.02. The molecule has 0 aliphatic carbocycles. The van der Waals surface area contributed by atoms with E-state index in [0.717, 1.165) is 6.92 Å². The molecular weight excluding hydrogens is 275 g/mol. The molecule has 0 rings (SSSR count). The quantitative estimate of drug-likeness (QED) is 0.416. The fourth-order valence-corrected chi connectivity index (χ4v) is 1.54. The molecule has 4 heteroatoms. The van der Waals surface area contributed by atoms with Gasteiger partial charge < -0.3 is 0 Å². The van der Waals surface area contributed by atoms with Crippen molar-refractivity contribution in [3.63, 3.8) is 0 Å². The van der Waals surface area contributed by atoms with E-state index >= 15 is 0 Å². The van der Waals surface area contributed by atoms with Gasteiger partial charge in [0, 0.05) is 31.2 Å². The minimum atomic E-state index is -2.94. The van der Waals surface area contributed by atoms with E-state index in [1.807, 2.05) is 6.92 Å². The number of allylic oxidation sites excluding steroid dienone is 7. The zero-order valence-electron chi connectivity index (χ0n) is 13.2. The smallest absolute Gasteiger partial charge is 0.270 e. The van der Waals surface area contributed by atoms with Gasteiger partial charge in [-0.1, -0.05) is 30.4 Å². The number of hydrogen-bond donors (Lipinski definition) is 0. The van der Waals surface area contributed by atoms with Crippen LogP contribution in [0, 0.1) is 0 Å². The Kier molecular flexibility index (Phi) is 8.67. The van der Waals surface area contributed by atoms with Crippen LogP contribution in [0.1, 0.15) is 34.1 Å². The first kappa shape index (κ1) is 19.4. The molecule has 0 saturated carbocycles. The molecule has 0 aromatic rings. The van der Waals surface area contributed by atoms with Crippen LogP contribution in [0.15, 0.2) is 52.6 Å². The molecule has 0 N–H and O–H groups in total. The van der Waals surface area contributed by atoms with Crippen molar-refractivity contribution in [2.45, 2.75) is 40.0 Å². The third-order valence-corrected chi connectivity index (χ3v) is 2.57. The van der Waals surface area contributed by atoms with Gasteiger partial charge in [-0.15, -0.1) is 0 Å². The third kappa shape index (κ3) is 9.05. The van der Waals surface area contributed by atoms with Gasteiger partial charge in [-0.2, -0.15) is 0 Å². The van der Waals surface area contributed by atoms with E-state index < -0.39 is 12.6 Å². The fourth-order valence-electron chi connectivity index (χ4n) is 1.54. The van der Waals surface area contributed by atoms with Gasteiger partial charge >= 0.3 is 0 Å². The zero-order chi connectivity index (χ0) is 16.5. The molecule has 0 unspecified atom stereocenters. The molecule has 0 spiro atoms. The molecule has 0 heterocycles. The second kappa shape index (κ2) is 9.37. The largest absolute Gasteiger partial charge is 0.290 e. The molecule has 1 nitrogen and oxygen atoms in total. The summed E-state index contributed by atoms with van der Waals surface area (Å²) in [7, 11) is 0. The first-order valence-electron chi connectivity index (χ1n) is 6.89. The summed E-state index contributed by atoms with van der Waals surface area (Å²) in [5.41, 5.74) is 1.72. The number of alkyl halides is 3. The molecule has 0 radical (unpaired) electrons. The van der Waals surface area contributed by atoms with Gasteiger partial charge in [0.25, 0.3) is 5.92 Å². The Morgan fingerprint density at radius 3 is 2.29 bits per heavy atom. The predicted molar refractivity (Wildman–Crippen MR) is 85.0 cm³/mol. The average molecular weight is 299 g/mol. The Bertz CT molecular complexity index is 463. The van der Waals surface area contributed by atoms with Crippen LogP contribution in [-0.2, 0) is 0 Å². The Hall–Kier alpha value is -1.58. The van der Waals surface area contributed by atoms with Crippen molar-refractivity contribution in [1.82, 2.24) is 0 Å². The Morgan fingerprint density at radius 2 is 1.86 bits per heavy atom. The molecule has 0 fully saturated rings. The standard InChI is InChI=1S/C17H24F3N/c1-6-21-16(11-14(4)12-18)10-9-15(17(5,19)20)8-7-13(2)3/h7-9,11H,2,6,10,12H2,1,3-5H3/b8-7-,14-11+,15-9+,21-16-. The van der Waals surface area contributed by atoms with E-state index in [0.29, 0.717) is 23.4 Å². The number of hydrogen-bond acceptors (Lipinski definition) is 1. The van der Waals surface area contributed by atoms with Crippen molar-refractivity contribution in [2.75, 3.05) is 13.2 Å². The maximum absolute atomic E-state index is 13.5. The predicted octanol–water partition coefficient (Wildman–Crippen LogP) is 5.47. The topological polar surface area (TPSA) is 12.4 Å². The lowest BCUT2D eigenvalue weighted by Gasteiger charge is -2.12. The van der Waals surface area contributed by atoms with Gasteiger partial charge in [-0.3, -0.25) is 4.99 Å². The van der Waals surface area contributed by atoms with E-state index in [1.165, 1.54) is 12.2 Å². The number of rotatable bonds is 8. The van der Waals surface area contributed by atoms with Crippen molar-refractivity contribution in [2.24, 2.45) is 4.99 Å². The van der Waals surface area contributed by atoms with Crippen LogP contribution in [0.4, 0.5) is 13.2 Å². The lowest BCUT2D eigenvalue weighted by atomic mass is 10.0. The van der Waals surface area contributed by atoms with E-state index in [-0.39, 0.29) is 12.0 Å². The van der Waals surface area contributed by atoms with Gasteiger partial charge in [0.05, 0.1) is 0 Å². The maximum atomic E-state index is 13.5. The van der Waals surface area contributed by atoms with Crippen LogP contribution >= 0.6 is 0 Å². The summed E-state index contributed by atoms with van der Waals surface area (Å²) in [4.78, 5) is 4.20. The molecule has 118 valence electrons. The van der Waals surface area contributed by atoms with E-state index in [1.54, 1.807) is 26.0 Å². The summed E-state index contributed by atoms with van der Waals surface area (Å²) < 4.78 is 39.6. The number of aliphatic imine (C=N–C) groups is 1. The van der Waals surface area contributed by atoms with Gasteiger partial charge in [0.1, 0.15) is 6.67 Å². The summed E-state index contributed by atoms with van der Waals surface area (Å²) >= 11 is 0. The Labute approximate surface area is 125 Å². The first-order valence-corrected chi connectivity index (χ1v) is 6.89. The van der Waals surface area contributed by atoms with Crippen LogP contribution in [0.25, 0.3) is 0 Å². The molecule has 0 aromatic heterocycles. The zero-order valence-corrected chi connectivity index (χ0v) is 13.2. The van der Waals surface area contributed by atoms with Crippen LogP contribution in [0.2, 0.25) is 0 Å². The summed E-state index contributed by atoms with van der Waals surface area (Å²) in [5.74, 6) is -2.94. The molecule has 0 aliphatic rings. The van der Waals surface area contributed by atoms with E-state index in [4.69, 9.17) is 0 Å². The summed E-state index contributed by atoms with van der Waals surface area (Å²) in [6.07, 6.45) is 6.18. The minimum absolute atomic E-state index is 0.0967. The van der Waals surface area contributed by atoms with Crippen LogP contribution in [0.3, 0.4) is 0 Å². The highest BCUT2D eigenvalue weighted by Crippen LogP contribution is 2.25. The minimum Gasteiger partial charge on any atom is -0.290 e. The van der Waals surface area contributed by atoms with Crippen molar-refractivity contribution < 1.29 is 13.2 Å². The second-order valence-corrected chi connectivity index (χ2v) is 5.02. The molecule has 0 aromatic carbocycles. The fraction of sp³-hybridized carbons (Fsp3) is 0.471. The molecule has 0 amide bonds. The molecule has 0 atom stereocenters. The first-order chi connectivity index (χ1) is 9.70. The third-order valence-electron chi connectivity index (χ3n) is 2.57. The summed E-state index contributed by atoms with van der Waals surface area (Å²) in [6.45, 7) is 9.68. The van der Waals surface area contributed by atoms with Crippen LogP contribution in [-0.4, -0.2) is 24.9 Å². The molecular formula is C17H24F3N. The molecule has 21 heavy (non-hydrogen) atoms. The van der Waals surface area contributed by atoms with Crippen molar-refractivity contribution >= 4 is 5.71 Å². The molecule has 0 aliphatic heterocycles. The van der Waals surface area contributed by atoms with Gasteiger partial charge in [0.2, 0.25) is 0 Å².